The molecule has 0 atom stereocenters. The normalized spacial score (nSPS) is 11.2. The van der Waals surface area contributed by atoms with Crippen LogP contribution >= 0.6 is 0 Å². The van der Waals surface area contributed by atoms with Gasteiger partial charge in [-0.2, -0.15) is 0 Å². The number of aryl methyl sites for hydroxylation is 1. The number of carbonyl (C=O) groups is 1. The Kier molecular flexibility index (Phi) is 6.46. The maximum Gasteiger partial charge on any atom is 0.229 e. The maximum atomic E-state index is 12.4. The van der Waals surface area contributed by atoms with Gasteiger partial charge in [0.05, 0.1) is 30.1 Å². The van der Waals surface area contributed by atoms with Gasteiger partial charge in [0.15, 0.2) is 0 Å². The number of ether oxygens (including phenoxy) is 1. The molecule has 0 spiro atoms. The number of allylic oxidation sites excluding steroid dienone is 1. The van der Waals surface area contributed by atoms with Crippen LogP contribution in [0.4, 0.5) is 5.69 Å². The molecule has 0 aliphatic carbocycles. The maximum absolute atomic E-state index is 12.4. The first-order valence-corrected chi connectivity index (χ1v) is 8.91. The van der Waals surface area contributed by atoms with Crippen LogP contribution in [0.25, 0.3) is 16.5 Å². The van der Waals surface area contributed by atoms with Gasteiger partial charge in [-0.25, -0.2) is 0 Å². The van der Waals surface area contributed by atoms with E-state index in [4.69, 9.17) is 4.74 Å². The second-order valence-corrected chi connectivity index (χ2v) is 6.61. The lowest BCUT2D eigenvalue weighted by molar-refractivity contribution is -0.121. The highest BCUT2D eigenvalue weighted by molar-refractivity contribution is 5.99. The van der Waals surface area contributed by atoms with Crippen LogP contribution in [-0.4, -0.2) is 32.1 Å². The molecule has 1 aromatic carbocycles. The Morgan fingerprint density at radius 1 is 1.37 bits per heavy atom. The number of carbonyl (C=O) groups excluding carboxylic acids is 1. The lowest BCUT2D eigenvalue weighted by Gasteiger charge is -2.22. The van der Waals surface area contributed by atoms with Crippen molar-refractivity contribution in [3.05, 3.63) is 35.7 Å². The van der Waals surface area contributed by atoms with Crippen LogP contribution in [0.1, 0.15) is 31.9 Å². The molecule has 0 aliphatic rings. The number of amides is 1. The van der Waals surface area contributed by atoms with Crippen LogP contribution in [0.5, 0.6) is 5.75 Å². The third-order valence-corrected chi connectivity index (χ3v) is 4.46. The lowest BCUT2D eigenvalue weighted by atomic mass is 9.99. The fourth-order valence-corrected chi connectivity index (χ4v) is 3.03. The zero-order chi connectivity index (χ0) is 20.1. The van der Waals surface area contributed by atoms with Crippen LogP contribution in [0.2, 0.25) is 0 Å². The monoisotopic (exact) mass is 365 g/mol. The number of pyridine rings is 1. The Bertz CT molecular complexity index is 949. The number of hydrogen-bond acceptors (Lipinski definition) is 4. The van der Waals surface area contributed by atoms with Crippen molar-refractivity contribution in [2.24, 2.45) is 5.92 Å². The molecule has 5 heteroatoms. The van der Waals surface area contributed by atoms with Crippen molar-refractivity contribution < 1.29 is 9.53 Å². The average Bonchev–Trinajstić information content (AvgIpc) is 2.66. The molecule has 0 unspecified atom stereocenters. The minimum atomic E-state index is -0.0819. The summed E-state index contributed by atoms with van der Waals surface area (Å²) in [5.41, 5.74) is 4.32. The van der Waals surface area contributed by atoms with E-state index < -0.39 is 0 Å². The summed E-state index contributed by atoms with van der Waals surface area (Å²) in [4.78, 5) is 18.7. The molecule has 0 fully saturated rings. The summed E-state index contributed by atoms with van der Waals surface area (Å²) < 4.78 is 5.57. The minimum absolute atomic E-state index is 0.0561. The molecule has 2 rings (SSSR count). The van der Waals surface area contributed by atoms with Gasteiger partial charge in [0.2, 0.25) is 5.91 Å². The first-order chi connectivity index (χ1) is 12.8. The van der Waals surface area contributed by atoms with E-state index in [9.17, 15) is 4.79 Å². The zero-order valence-electron chi connectivity index (χ0n) is 17.1. The minimum Gasteiger partial charge on any atom is -0.496 e. The molecule has 1 aromatic heterocycles. The van der Waals surface area contributed by atoms with Crippen LogP contribution in [0.15, 0.2) is 24.5 Å². The molecule has 2 aromatic rings. The first-order valence-electron chi connectivity index (χ1n) is 8.91. The van der Waals surface area contributed by atoms with Gasteiger partial charge in [-0.15, -0.1) is 5.92 Å². The summed E-state index contributed by atoms with van der Waals surface area (Å²) in [6.45, 7) is 7.59. The molecule has 1 N–H and O–H groups in total. The highest BCUT2D eigenvalue weighted by Crippen LogP contribution is 2.34. The molecule has 1 amide bonds. The van der Waals surface area contributed by atoms with Gasteiger partial charge in [-0.1, -0.05) is 19.8 Å². The number of aromatic nitrogens is 1. The van der Waals surface area contributed by atoms with Crippen molar-refractivity contribution in [3.63, 3.8) is 0 Å². The van der Waals surface area contributed by atoms with Gasteiger partial charge in [0.25, 0.3) is 0 Å². The predicted molar refractivity (Wildman–Crippen MR) is 112 cm³/mol. The van der Waals surface area contributed by atoms with E-state index in [-0.39, 0.29) is 11.8 Å². The molecular formula is C22H27N3O2. The summed E-state index contributed by atoms with van der Waals surface area (Å²) in [7, 11) is 5.26. The third kappa shape index (κ3) is 4.06. The van der Waals surface area contributed by atoms with E-state index in [0.29, 0.717) is 5.75 Å². The van der Waals surface area contributed by atoms with Gasteiger partial charge in [-0.3, -0.25) is 9.78 Å². The molecule has 0 radical (unpaired) electrons. The molecule has 0 saturated carbocycles. The first kappa shape index (κ1) is 20.3. The number of nitrogens with one attached hydrogen (secondary N) is 1. The number of anilines is 1. The summed E-state index contributed by atoms with van der Waals surface area (Å²) in [5.74, 6) is 6.73. The molecule has 0 bridgehead atoms. The second kappa shape index (κ2) is 8.59. The van der Waals surface area contributed by atoms with Gasteiger partial charge >= 0.3 is 0 Å². The van der Waals surface area contributed by atoms with Gasteiger partial charge < -0.3 is 15.0 Å². The van der Waals surface area contributed by atoms with Crippen molar-refractivity contribution in [1.82, 2.24) is 10.3 Å². The standard InChI is InChI=1S/C22H27N3O2/c1-8-9-16(12-23-5)18-10-17-15(4)20(25(6)22(26)14(2)3)13-24-19(17)11-21(18)27-7/h10-14,23H,1-7H3/b16-12+. The van der Waals surface area contributed by atoms with Crippen LogP contribution in [0.3, 0.4) is 0 Å². The van der Waals surface area contributed by atoms with Gasteiger partial charge in [-0.05, 0) is 25.5 Å². The van der Waals surface area contributed by atoms with Gasteiger partial charge in [0, 0.05) is 43.2 Å². The highest BCUT2D eigenvalue weighted by atomic mass is 16.5. The van der Waals surface area contributed by atoms with Crippen LogP contribution in [-0.2, 0) is 4.79 Å². The van der Waals surface area contributed by atoms with Crippen molar-refractivity contribution >= 4 is 28.1 Å². The summed E-state index contributed by atoms with van der Waals surface area (Å²) in [6, 6.07) is 3.94. The summed E-state index contributed by atoms with van der Waals surface area (Å²) >= 11 is 0. The predicted octanol–water partition coefficient (Wildman–Crippen LogP) is 3.75. The molecule has 0 saturated heterocycles. The van der Waals surface area contributed by atoms with Gasteiger partial charge in [0.1, 0.15) is 5.75 Å². The number of nitrogens with zero attached hydrogens (tertiary/aromatic N) is 2. The molecular weight excluding hydrogens is 338 g/mol. The average molecular weight is 365 g/mol. The molecule has 5 nitrogen and oxygen atoms in total. The number of benzene rings is 1. The largest absolute Gasteiger partial charge is 0.496 e. The van der Waals surface area contributed by atoms with Crippen LogP contribution < -0.4 is 15.0 Å². The second-order valence-electron chi connectivity index (χ2n) is 6.61. The fourth-order valence-electron chi connectivity index (χ4n) is 3.03. The topological polar surface area (TPSA) is 54.5 Å². The fraction of sp³-hybridized carbons (Fsp3) is 0.364. The molecule has 142 valence electrons. The number of methoxy groups -OCH3 is 1. The summed E-state index contributed by atoms with van der Waals surface area (Å²) in [5, 5.41) is 4.00. The third-order valence-electron chi connectivity index (χ3n) is 4.46. The quantitative estimate of drug-likeness (QED) is 0.820. The Hall–Kier alpha value is -3.00. The lowest BCUT2D eigenvalue weighted by Crippen LogP contribution is -2.30. The Balaban J connectivity index is 2.73. The number of hydrogen-bond donors (Lipinski definition) is 1. The van der Waals surface area contributed by atoms with E-state index >= 15 is 0 Å². The highest BCUT2D eigenvalue weighted by Gasteiger charge is 2.19. The van der Waals surface area contributed by atoms with Crippen molar-refractivity contribution in [2.75, 3.05) is 26.1 Å². The van der Waals surface area contributed by atoms with Crippen molar-refractivity contribution in [1.29, 1.82) is 0 Å². The van der Waals surface area contributed by atoms with Crippen molar-refractivity contribution in [2.45, 2.75) is 27.7 Å². The molecule has 27 heavy (non-hydrogen) atoms. The molecule has 0 aliphatic heterocycles. The van der Waals surface area contributed by atoms with Crippen molar-refractivity contribution in [3.8, 4) is 17.6 Å². The Labute approximate surface area is 161 Å². The summed E-state index contributed by atoms with van der Waals surface area (Å²) in [6.07, 6.45) is 3.59. The van der Waals surface area contributed by atoms with E-state index in [1.54, 1.807) is 32.2 Å². The SMILES string of the molecule is CC#C/C(=C\NC)c1cc2c(C)c(N(C)C(=O)C(C)C)cnc2cc1OC. The number of fused-ring (bicyclic) bond motifs is 1. The van der Waals surface area contributed by atoms with Crippen LogP contribution in [0, 0.1) is 24.7 Å². The van der Waals surface area contributed by atoms with E-state index in [2.05, 4.69) is 22.1 Å². The van der Waals surface area contributed by atoms with E-state index in [1.807, 2.05) is 46.2 Å². The Morgan fingerprint density at radius 2 is 2.07 bits per heavy atom. The molecule has 1 heterocycles. The zero-order valence-corrected chi connectivity index (χ0v) is 17.1. The van der Waals surface area contributed by atoms with E-state index in [1.165, 1.54) is 0 Å². The number of rotatable bonds is 5. The Morgan fingerprint density at radius 3 is 2.63 bits per heavy atom. The van der Waals surface area contributed by atoms with E-state index in [0.717, 1.165) is 33.3 Å². The smallest absolute Gasteiger partial charge is 0.229 e.